The topological polar surface area (TPSA) is 74.7 Å². The van der Waals surface area contributed by atoms with Crippen molar-refractivity contribution >= 4 is 17.8 Å². The van der Waals surface area contributed by atoms with Crippen LogP contribution in [-0.4, -0.2) is 33.8 Å². The summed E-state index contributed by atoms with van der Waals surface area (Å²) in [6.07, 6.45) is 3.00. The van der Waals surface area contributed by atoms with E-state index in [9.17, 15) is 14.4 Å². The Morgan fingerprint density at radius 3 is 2.75 bits per heavy atom. The molecule has 0 aromatic rings. The average Bonchev–Trinajstić information content (AvgIpc) is 2.25. The molecule has 1 N–H and O–H groups in total. The van der Waals surface area contributed by atoms with E-state index in [4.69, 9.17) is 5.11 Å². The number of likely N-dealkylation sites (tertiary alicyclic amines) is 1. The Balaban J connectivity index is 2.73. The summed E-state index contributed by atoms with van der Waals surface area (Å²) in [6.45, 7) is 1.94. The number of hydrogen-bond acceptors (Lipinski definition) is 3. The molecule has 0 bridgehead atoms. The first-order valence-electron chi connectivity index (χ1n) is 5.65. The van der Waals surface area contributed by atoms with E-state index in [1.165, 1.54) is 0 Å². The van der Waals surface area contributed by atoms with Gasteiger partial charge in [0, 0.05) is 12.8 Å². The third-order valence-corrected chi connectivity index (χ3v) is 2.75. The van der Waals surface area contributed by atoms with Crippen LogP contribution < -0.4 is 0 Å². The lowest BCUT2D eigenvalue weighted by atomic mass is 10.0. The first kappa shape index (κ1) is 12.7. The predicted octanol–water partition coefficient (Wildman–Crippen LogP) is 1.17. The zero-order valence-electron chi connectivity index (χ0n) is 9.44. The standard InChI is InChI=1S/C11H17NO4/c1-2-3-6-9(13)12-8(11(15)16)5-4-7-10(12)14/h8H,2-7H2,1H3,(H,15,16). The molecular weight excluding hydrogens is 210 g/mol. The van der Waals surface area contributed by atoms with Crippen LogP contribution in [0.2, 0.25) is 0 Å². The summed E-state index contributed by atoms with van der Waals surface area (Å²) in [5.41, 5.74) is 0. The van der Waals surface area contributed by atoms with Crippen molar-refractivity contribution in [1.82, 2.24) is 4.90 Å². The number of piperidine rings is 1. The molecular formula is C11H17NO4. The lowest BCUT2D eigenvalue weighted by Gasteiger charge is -2.31. The van der Waals surface area contributed by atoms with E-state index in [0.29, 0.717) is 19.3 Å². The molecule has 1 unspecified atom stereocenters. The molecule has 16 heavy (non-hydrogen) atoms. The van der Waals surface area contributed by atoms with Crippen LogP contribution in [0.5, 0.6) is 0 Å². The summed E-state index contributed by atoms with van der Waals surface area (Å²) in [4.78, 5) is 35.2. The average molecular weight is 227 g/mol. The number of hydrogen-bond donors (Lipinski definition) is 1. The highest BCUT2D eigenvalue weighted by atomic mass is 16.4. The second-order valence-electron chi connectivity index (χ2n) is 4.01. The van der Waals surface area contributed by atoms with Gasteiger partial charge in [-0.25, -0.2) is 4.79 Å². The van der Waals surface area contributed by atoms with Gasteiger partial charge in [-0.3, -0.25) is 14.5 Å². The van der Waals surface area contributed by atoms with Gasteiger partial charge in [0.05, 0.1) is 0 Å². The maximum absolute atomic E-state index is 11.7. The molecule has 0 spiro atoms. The van der Waals surface area contributed by atoms with Gasteiger partial charge in [-0.2, -0.15) is 0 Å². The van der Waals surface area contributed by atoms with Crippen LogP contribution in [0, 0.1) is 0 Å². The minimum Gasteiger partial charge on any atom is -0.480 e. The van der Waals surface area contributed by atoms with Crippen molar-refractivity contribution < 1.29 is 19.5 Å². The monoisotopic (exact) mass is 227 g/mol. The van der Waals surface area contributed by atoms with Gasteiger partial charge in [0.15, 0.2) is 0 Å². The summed E-state index contributed by atoms with van der Waals surface area (Å²) in [6, 6.07) is -0.953. The quantitative estimate of drug-likeness (QED) is 0.782. The van der Waals surface area contributed by atoms with Crippen LogP contribution in [0.4, 0.5) is 0 Å². The smallest absolute Gasteiger partial charge is 0.326 e. The van der Waals surface area contributed by atoms with E-state index in [2.05, 4.69) is 0 Å². The molecule has 1 heterocycles. The van der Waals surface area contributed by atoms with Gasteiger partial charge in [-0.1, -0.05) is 13.3 Å². The van der Waals surface area contributed by atoms with Crippen molar-refractivity contribution in [3.63, 3.8) is 0 Å². The molecule has 1 saturated heterocycles. The molecule has 5 nitrogen and oxygen atoms in total. The Morgan fingerprint density at radius 2 is 2.19 bits per heavy atom. The summed E-state index contributed by atoms with van der Waals surface area (Å²) in [7, 11) is 0. The SMILES string of the molecule is CCCCC(=O)N1C(=O)CCCC1C(=O)O. The summed E-state index contributed by atoms with van der Waals surface area (Å²) < 4.78 is 0. The Labute approximate surface area is 94.4 Å². The number of carbonyl (C=O) groups is 3. The van der Waals surface area contributed by atoms with Crippen molar-refractivity contribution in [3.8, 4) is 0 Å². The molecule has 0 radical (unpaired) electrons. The third-order valence-electron chi connectivity index (χ3n) is 2.75. The normalized spacial score (nSPS) is 20.9. The molecule has 1 fully saturated rings. The van der Waals surface area contributed by atoms with E-state index < -0.39 is 12.0 Å². The summed E-state index contributed by atoms with van der Waals surface area (Å²) in [5.74, 6) is -1.78. The Bertz CT molecular complexity index is 300. The molecule has 0 aromatic carbocycles. The maximum atomic E-state index is 11.7. The Hall–Kier alpha value is -1.39. The highest BCUT2D eigenvalue weighted by molar-refractivity contribution is 5.99. The molecule has 1 rings (SSSR count). The lowest BCUT2D eigenvalue weighted by Crippen LogP contribution is -2.51. The summed E-state index contributed by atoms with van der Waals surface area (Å²) in [5, 5.41) is 8.95. The molecule has 2 amide bonds. The number of nitrogens with zero attached hydrogens (tertiary/aromatic N) is 1. The maximum Gasteiger partial charge on any atom is 0.326 e. The number of carboxylic acids is 1. The number of carboxylic acid groups (broad SMARTS) is 1. The van der Waals surface area contributed by atoms with Crippen molar-refractivity contribution in [3.05, 3.63) is 0 Å². The van der Waals surface area contributed by atoms with Crippen LogP contribution in [0.15, 0.2) is 0 Å². The summed E-state index contributed by atoms with van der Waals surface area (Å²) >= 11 is 0. The highest BCUT2D eigenvalue weighted by Crippen LogP contribution is 2.20. The molecule has 90 valence electrons. The number of carbonyl (C=O) groups excluding carboxylic acids is 2. The van der Waals surface area contributed by atoms with Gasteiger partial charge in [-0.05, 0) is 19.3 Å². The fourth-order valence-electron chi connectivity index (χ4n) is 1.87. The number of unbranched alkanes of at least 4 members (excludes halogenated alkanes) is 1. The highest BCUT2D eigenvalue weighted by Gasteiger charge is 2.36. The Morgan fingerprint density at radius 1 is 1.50 bits per heavy atom. The second kappa shape index (κ2) is 5.63. The van der Waals surface area contributed by atoms with Crippen molar-refractivity contribution in [1.29, 1.82) is 0 Å². The lowest BCUT2D eigenvalue weighted by molar-refractivity contribution is -0.160. The largest absolute Gasteiger partial charge is 0.480 e. The van der Waals surface area contributed by atoms with Crippen LogP contribution in [-0.2, 0) is 14.4 Å². The van der Waals surface area contributed by atoms with Gasteiger partial charge in [0.2, 0.25) is 11.8 Å². The minimum absolute atomic E-state index is 0.256. The van der Waals surface area contributed by atoms with Gasteiger partial charge < -0.3 is 5.11 Å². The van der Waals surface area contributed by atoms with Crippen LogP contribution in [0.25, 0.3) is 0 Å². The van der Waals surface area contributed by atoms with E-state index >= 15 is 0 Å². The molecule has 1 aliphatic rings. The van der Waals surface area contributed by atoms with E-state index in [0.717, 1.165) is 11.3 Å². The molecule has 0 saturated carbocycles. The third kappa shape index (κ3) is 2.81. The zero-order chi connectivity index (χ0) is 12.1. The van der Waals surface area contributed by atoms with Gasteiger partial charge in [0.1, 0.15) is 6.04 Å². The van der Waals surface area contributed by atoms with Crippen molar-refractivity contribution in [2.45, 2.75) is 51.5 Å². The molecule has 1 aliphatic heterocycles. The van der Waals surface area contributed by atoms with Crippen molar-refractivity contribution in [2.75, 3.05) is 0 Å². The van der Waals surface area contributed by atoms with E-state index in [1.807, 2.05) is 6.92 Å². The number of aliphatic carboxylic acids is 1. The predicted molar refractivity (Wildman–Crippen MR) is 56.7 cm³/mol. The van der Waals surface area contributed by atoms with Crippen LogP contribution in [0.1, 0.15) is 45.4 Å². The molecule has 0 aliphatic carbocycles. The number of rotatable bonds is 4. The zero-order valence-corrected chi connectivity index (χ0v) is 9.44. The van der Waals surface area contributed by atoms with Crippen molar-refractivity contribution in [2.24, 2.45) is 0 Å². The minimum atomic E-state index is -1.09. The Kier molecular flexibility index (Phi) is 4.46. The fraction of sp³-hybridized carbons (Fsp3) is 0.727. The van der Waals surface area contributed by atoms with Gasteiger partial charge >= 0.3 is 5.97 Å². The molecule has 5 heteroatoms. The van der Waals surface area contributed by atoms with Gasteiger partial charge in [0.25, 0.3) is 0 Å². The first-order valence-corrected chi connectivity index (χ1v) is 5.65. The number of amides is 2. The van der Waals surface area contributed by atoms with Gasteiger partial charge in [-0.15, -0.1) is 0 Å². The van der Waals surface area contributed by atoms with Crippen LogP contribution in [0.3, 0.4) is 0 Å². The second-order valence-corrected chi connectivity index (χ2v) is 4.01. The van der Waals surface area contributed by atoms with Crippen LogP contribution >= 0.6 is 0 Å². The van der Waals surface area contributed by atoms with E-state index in [-0.39, 0.29) is 24.7 Å². The fourth-order valence-corrected chi connectivity index (χ4v) is 1.87. The molecule has 1 atom stereocenters. The van der Waals surface area contributed by atoms with E-state index in [1.54, 1.807) is 0 Å². The molecule has 0 aromatic heterocycles. The first-order chi connectivity index (χ1) is 7.57. The number of imide groups is 1.